The summed E-state index contributed by atoms with van der Waals surface area (Å²) in [6.07, 6.45) is 3.78. The van der Waals surface area contributed by atoms with Crippen LogP contribution in [0.15, 0.2) is 30.3 Å². The van der Waals surface area contributed by atoms with Crippen molar-refractivity contribution in [2.75, 3.05) is 86.1 Å². The minimum Gasteiger partial charge on any atom is -0.353 e. The molecular weight excluding hydrogens is 1890 g/mol. The van der Waals surface area contributed by atoms with Crippen LogP contribution in [0.5, 0.6) is 0 Å². The summed E-state index contributed by atoms with van der Waals surface area (Å²) in [6, 6.07) is 7.40. The Morgan fingerprint density at radius 2 is 0.448 bits per heavy atom. The van der Waals surface area contributed by atoms with Crippen LogP contribution < -0.4 is 74.4 Å². The highest BCUT2D eigenvalue weighted by molar-refractivity contribution is 7.87. The fourth-order valence-corrected chi connectivity index (χ4v) is 15.3. The van der Waals surface area contributed by atoms with Crippen molar-refractivity contribution in [2.24, 2.45) is 34.5 Å². The third kappa shape index (κ3) is 92.9. The molecule has 7 amide bonds. The summed E-state index contributed by atoms with van der Waals surface area (Å²) in [6.45, 7) is 56.3. The highest BCUT2D eigenvalue weighted by Gasteiger charge is 2.34. The van der Waals surface area contributed by atoms with Crippen molar-refractivity contribution < 1.29 is 124 Å². The molecule has 0 aromatic heterocycles. The standard InChI is InChI=1S/C15H24N2O4S.4C12H26N2O4S.2C11H24N2O4S/c1-12(2)17-15(18)14(11-13-7-4-3-5-8-13)16-9-6-10-22(19,20)21;2*1-9(2)14-11(15)10(12(3,4)5)13-7-6-8-19(16,17)18;2*1-9(2)8-11(12(15)14-10(3)4)13-6-5-7-19(16,17)18;2*1-8(2)10(11(14)13-9(3)4)12-6-5-7-18(15,16)17/h3-5,7-8,12,14,16H,6,9-11H2,1-2H3,(H,17,18)(H,19,20,21);2*9-10,13H,6-8H2,1-5H3,(H,14,15)(H,16,17,18);2*9-11,13H,5-8H2,1-4H3,(H,14,15)(H,16,17,18);2*8-10,12H,5-7H2,1-4H3,(H,13,14)(H,15,16,17)/t14-;2*10-;2*11-;2*10-/m0101010/s1. The Labute approximate surface area is 805 Å². The second-order valence-corrected chi connectivity index (χ2v) is 49.5. The Morgan fingerprint density at radius 1 is 0.261 bits per heavy atom. The van der Waals surface area contributed by atoms with Gasteiger partial charge in [-0.3, -0.25) is 65.4 Å². The number of carbonyl (C=O) groups is 7. The average Bonchev–Trinajstić information content (AvgIpc) is 0.856. The van der Waals surface area contributed by atoms with Gasteiger partial charge in [-0.2, -0.15) is 58.9 Å². The van der Waals surface area contributed by atoms with Crippen molar-refractivity contribution in [3.63, 3.8) is 0 Å². The summed E-state index contributed by atoms with van der Waals surface area (Å²) in [5.41, 5.74) is 0.461. The Morgan fingerprint density at radius 3 is 0.642 bits per heavy atom. The van der Waals surface area contributed by atoms with Crippen LogP contribution in [0.3, 0.4) is 0 Å². The number of benzene rings is 1. The number of hydrogen-bond acceptors (Lipinski definition) is 28. The Bertz CT molecular complexity index is 4050. The first-order valence-electron chi connectivity index (χ1n) is 45.6. The van der Waals surface area contributed by atoms with Gasteiger partial charge in [0.2, 0.25) is 41.4 Å². The highest BCUT2D eigenvalue weighted by atomic mass is 32.2. The van der Waals surface area contributed by atoms with Gasteiger partial charge >= 0.3 is 0 Å². The van der Waals surface area contributed by atoms with Gasteiger partial charge in [0.15, 0.2) is 0 Å². The van der Waals surface area contributed by atoms with E-state index in [1.54, 1.807) is 0 Å². The molecule has 1 rings (SSSR count). The number of nitrogens with one attached hydrogen (secondary N) is 14. The molecule has 42 nitrogen and oxygen atoms in total. The molecule has 796 valence electrons. The first-order chi connectivity index (χ1) is 60.6. The lowest BCUT2D eigenvalue weighted by atomic mass is 9.86. The van der Waals surface area contributed by atoms with Gasteiger partial charge in [0, 0.05) is 42.3 Å². The summed E-state index contributed by atoms with van der Waals surface area (Å²) in [4.78, 5) is 83.9. The molecule has 0 saturated carbocycles. The smallest absolute Gasteiger partial charge is 0.264 e. The molecule has 0 aliphatic heterocycles. The minimum absolute atomic E-state index is 0.0328. The largest absolute Gasteiger partial charge is 0.353 e. The molecule has 0 aliphatic rings. The van der Waals surface area contributed by atoms with Crippen LogP contribution in [0.1, 0.15) is 257 Å². The van der Waals surface area contributed by atoms with Crippen LogP contribution in [0.2, 0.25) is 0 Å². The minimum atomic E-state index is -3.96. The fraction of sp³-hybridized carbons (Fsp3) is 0.847. The first kappa shape index (κ1) is 139. The summed E-state index contributed by atoms with van der Waals surface area (Å²) in [5, 5.41) is 41.1. The molecule has 7 atom stereocenters. The van der Waals surface area contributed by atoms with Gasteiger partial charge in [0.05, 0.1) is 82.6 Å². The monoisotopic (exact) mass is 2070 g/mol. The lowest BCUT2D eigenvalue weighted by Crippen LogP contribution is -2.53. The lowest BCUT2D eigenvalue weighted by Gasteiger charge is -2.31. The lowest BCUT2D eigenvalue weighted by molar-refractivity contribution is -0.127. The molecule has 0 spiro atoms. The SMILES string of the molecule is CC(C)C[C@@H](NCCCS(=O)(=O)O)C(=O)NC(C)C.CC(C)C[C@H](NCCCS(=O)(=O)O)C(=O)NC(C)C.CC(C)NC(=O)[C@@H](NCCCS(=O)(=O)O)C(C)(C)C.CC(C)NC(=O)[C@@H](NCCCS(=O)(=O)O)C(C)C.CC(C)NC(=O)[C@H](Cc1ccccc1)NCCCS(=O)(=O)O.CC(C)NC(=O)[C@H](NCCCS(=O)(=O)O)C(C)(C)C.CC(C)NC(=O)[C@H](NCCCS(=O)(=O)O)C(C)C. The van der Waals surface area contributed by atoms with E-state index in [-0.39, 0.29) is 216 Å². The predicted molar refractivity (Wildman–Crippen MR) is 530 cm³/mol. The van der Waals surface area contributed by atoms with Gasteiger partial charge in [-0.15, -0.1) is 0 Å². The van der Waals surface area contributed by atoms with E-state index in [4.69, 9.17) is 31.9 Å². The third-order valence-corrected chi connectivity index (χ3v) is 23.1. The van der Waals surface area contributed by atoms with Crippen molar-refractivity contribution in [1.82, 2.24) is 74.4 Å². The van der Waals surface area contributed by atoms with E-state index >= 15 is 0 Å². The summed E-state index contributed by atoms with van der Waals surface area (Å²) >= 11 is 0. The van der Waals surface area contributed by atoms with E-state index in [2.05, 4.69) is 74.4 Å². The van der Waals surface area contributed by atoms with Crippen molar-refractivity contribution in [1.29, 1.82) is 0 Å². The number of hydrogen-bond donors (Lipinski definition) is 21. The van der Waals surface area contributed by atoms with E-state index in [1.807, 2.05) is 224 Å². The quantitative estimate of drug-likeness (QED) is 0.0302. The topological polar surface area (TPSA) is 669 Å². The van der Waals surface area contributed by atoms with Crippen molar-refractivity contribution in [3.05, 3.63) is 35.9 Å². The second-order valence-electron chi connectivity index (χ2n) is 38.4. The van der Waals surface area contributed by atoms with Crippen LogP contribution >= 0.6 is 0 Å². The average molecular weight is 2070 g/mol. The molecule has 0 fully saturated rings. The molecule has 0 unspecified atom stereocenters. The Balaban J connectivity index is -0.000000357. The van der Waals surface area contributed by atoms with E-state index in [9.17, 15) is 92.5 Å². The zero-order valence-electron chi connectivity index (χ0n) is 84.8. The normalized spacial score (nSPS) is 13.9. The fourth-order valence-electron chi connectivity index (χ4n) is 11.7. The van der Waals surface area contributed by atoms with Gasteiger partial charge in [0.1, 0.15) is 0 Å². The van der Waals surface area contributed by atoms with Crippen LogP contribution in [0.25, 0.3) is 0 Å². The molecule has 0 saturated heterocycles. The molecule has 134 heavy (non-hydrogen) atoms. The number of carbonyl (C=O) groups excluding carboxylic acids is 7. The van der Waals surface area contributed by atoms with E-state index in [0.29, 0.717) is 76.9 Å². The predicted octanol–water partition coefficient (Wildman–Crippen LogP) is 4.97. The maximum atomic E-state index is 12.2. The molecule has 0 aliphatic carbocycles. The Kier molecular flexibility index (Phi) is 73.9. The van der Waals surface area contributed by atoms with E-state index < -0.39 is 89.0 Å². The molecule has 0 radical (unpaired) electrons. The number of amides is 7. The van der Waals surface area contributed by atoms with Crippen molar-refractivity contribution >= 4 is 112 Å². The zero-order valence-corrected chi connectivity index (χ0v) is 90.5. The maximum Gasteiger partial charge on any atom is 0.264 e. The van der Waals surface area contributed by atoms with Gasteiger partial charge < -0.3 is 74.4 Å². The van der Waals surface area contributed by atoms with Crippen LogP contribution in [0, 0.1) is 34.5 Å². The van der Waals surface area contributed by atoms with E-state index in [1.165, 1.54) is 0 Å². The summed E-state index contributed by atoms with van der Waals surface area (Å²) in [5.74, 6) is -1.82. The highest BCUT2D eigenvalue weighted by Crippen LogP contribution is 2.21. The molecule has 0 heterocycles. The summed E-state index contributed by atoms with van der Waals surface area (Å²) < 4.78 is 209. The van der Waals surface area contributed by atoms with Crippen LogP contribution in [0.4, 0.5) is 0 Å². The maximum absolute atomic E-state index is 12.2. The molecule has 0 bridgehead atoms. The summed E-state index contributed by atoms with van der Waals surface area (Å²) in [7, 11) is -27.5. The molecule has 21 N–H and O–H groups in total. The second kappa shape index (κ2) is 71.1. The Hall–Kier alpha value is -5.40. The van der Waals surface area contributed by atoms with Crippen LogP contribution in [-0.2, 0) is 111 Å². The first-order valence-corrected chi connectivity index (χ1v) is 56.9. The molecule has 1 aromatic rings. The van der Waals surface area contributed by atoms with Gasteiger partial charge in [-0.25, -0.2) is 0 Å². The van der Waals surface area contributed by atoms with Crippen molar-refractivity contribution in [2.45, 2.75) is 343 Å². The van der Waals surface area contributed by atoms with E-state index in [0.717, 1.165) is 5.56 Å². The molecule has 49 heteroatoms. The molecule has 1 aromatic carbocycles. The zero-order chi connectivity index (χ0) is 106. The van der Waals surface area contributed by atoms with Crippen LogP contribution in [-0.4, -0.2) is 303 Å². The number of rotatable bonds is 57. The van der Waals surface area contributed by atoms with Gasteiger partial charge in [0.25, 0.3) is 70.8 Å². The van der Waals surface area contributed by atoms with Crippen molar-refractivity contribution in [3.8, 4) is 0 Å². The molecular formula is C85H176N14O28S7. The van der Waals surface area contributed by atoms with Gasteiger partial charge in [-0.05, 0) is 247 Å². The third-order valence-electron chi connectivity index (χ3n) is 17.5. The van der Waals surface area contributed by atoms with Gasteiger partial charge in [-0.1, -0.05) is 127 Å².